The van der Waals surface area contributed by atoms with Gasteiger partial charge in [0.15, 0.2) is 0 Å². The third-order valence-corrected chi connectivity index (χ3v) is 9.61. The summed E-state index contributed by atoms with van der Waals surface area (Å²) in [6.45, 7) is 6.81. The van der Waals surface area contributed by atoms with Gasteiger partial charge in [-0.25, -0.2) is 14.1 Å². The molecule has 0 aliphatic carbocycles. The molecule has 2 unspecified atom stereocenters. The van der Waals surface area contributed by atoms with Crippen LogP contribution in [0.5, 0.6) is 5.75 Å². The van der Waals surface area contributed by atoms with Gasteiger partial charge < -0.3 is 24.0 Å². The Morgan fingerprint density at radius 3 is 2.26 bits per heavy atom. The fraction of sp³-hybridized carbons (Fsp3) is 0.333. The van der Waals surface area contributed by atoms with Crippen LogP contribution in [0, 0.1) is 0 Å². The van der Waals surface area contributed by atoms with E-state index in [0.717, 1.165) is 43.3 Å². The number of piperazine rings is 1. The molecule has 3 aromatic carbocycles. The molecule has 0 bridgehead atoms. The molecule has 2 atom stereocenters. The minimum atomic E-state index is -1.14. The van der Waals surface area contributed by atoms with Crippen molar-refractivity contribution in [2.45, 2.75) is 25.4 Å². The number of ether oxygens (including phenoxy) is 3. The zero-order valence-corrected chi connectivity index (χ0v) is 28.5. The van der Waals surface area contributed by atoms with Gasteiger partial charge in [0.1, 0.15) is 37.7 Å². The highest BCUT2D eigenvalue weighted by atomic mass is 35.5. The van der Waals surface area contributed by atoms with Gasteiger partial charge in [-0.05, 0) is 79.5 Å². The van der Waals surface area contributed by atoms with E-state index >= 15 is 0 Å². The van der Waals surface area contributed by atoms with E-state index < -0.39 is 5.79 Å². The van der Waals surface area contributed by atoms with E-state index in [0.29, 0.717) is 28.8 Å². The van der Waals surface area contributed by atoms with Crippen LogP contribution >= 0.6 is 35.1 Å². The number of nitrogens with one attached hydrogen (secondary N) is 1. The summed E-state index contributed by atoms with van der Waals surface area (Å²) in [4.78, 5) is 8.90. The smallest absolute Gasteiger partial charge is 0.217 e. The van der Waals surface area contributed by atoms with Crippen LogP contribution in [0.15, 0.2) is 91.3 Å². The van der Waals surface area contributed by atoms with Gasteiger partial charge >= 0.3 is 0 Å². The van der Waals surface area contributed by atoms with Gasteiger partial charge in [-0.2, -0.15) is 5.10 Å². The first-order valence-corrected chi connectivity index (χ1v) is 17.3. The minimum Gasteiger partial charge on any atom is -0.491 e. The SMILES string of the molecule is CSN1C=C(C)N(c2ccc(N3CCN(c4ccc(OCC5COC(Cn6cncn6)(c6ccc(Cl)cc6Cl)O5)cc4)CC3)cc2)N1. The third kappa shape index (κ3) is 6.99. The number of hydrazine groups is 2. The Bertz CT molecular complexity index is 1690. The lowest BCUT2D eigenvalue weighted by molar-refractivity contribution is -0.190. The van der Waals surface area contributed by atoms with Crippen LogP contribution in [-0.4, -0.2) is 70.9 Å². The number of anilines is 3. The molecule has 1 aromatic heterocycles. The maximum absolute atomic E-state index is 6.58. The van der Waals surface area contributed by atoms with E-state index in [2.05, 4.69) is 79.9 Å². The Balaban J connectivity index is 0.918. The normalized spacial score (nSPS) is 21.4. The Hall–Kier alpha value is -3.65. The molecule has 14 heteroatoms. The van der Waals surface area contributed by atoms with Crippen molar-refractivity contribution in [1.82, 2.24) is 24.7 Å². The second kappa shape index (κ2) is 13.8. The molecule has 246 valence electrons. The Morgan fingerprint density at radius 2 is 1.64 bits per heavy atom. The molecule has 47 heavy (non-hydrogen) atoms. The van der Waals surface area contributed by atoms with Gasteiger partial charge in [0, 0.05) is 54.4 Å². The summed E-state index contributed by atoms with van der Waals surface area (Å²) < 4.78 is 22.5. The van der Waals surface area contributed by atoms with Crippen molar-refractivity contribution < 1.29 is 14.2 Å². The summed E-state index contributed by atoms with van der Waals surface area (Å²) in [6.07, 6.45) is 6.90. The largest absolute Gasteiger partial charge is 0.491 e. The molecule has 7 rings (SSSR count). The molecule has 4 aromatic rings. The molecule has 3 aliphatic rings. The van der Waals surface area contributed by atoms with Crippen LogP contribution in [0.1, 0.15) is 12.5 Å². The van der Waals surface area contributed by atoms with Crippen LogP contribution < -0.4 is 25.1 Å². The number of nitrogens with zero attached hydrogens (tertiary/aromatic N) is 7. The quantitative estimate of drug-likeness (QED) is 0.200. The van der Waals surface area contributed by atoms with E-state index in [9.17, 15) is 0 Å². The molecule has 2 saturated heterocycles. The van der Waals surface area contributed by atoms with E-state index in [4.69, 9.17) is 37.4 Å². The first kappa shape index (κ1) is 31.9. The van der Waals surface area contributed by atoms with Crippen molar-refractivity contribution in [3.05, 3.63) is 107 Å². The Kier molecular flexibility index (Phi) is 9.40. The highest BCUT2D eigenvalue weighted by Crippen LogP contribution is 2.40. The van der Waals surface area contributed by atoms with Gasteiger partial charge in [-0.3, -0.25) is 5.01 Å². The molecule has 0 saturated carbocycles. The predicted octanol–water partition coefficient (Wildman–Crippen LogP) is 5.94. The summed E-state index contributed by atoms with van der Waals surface area (Å²) in [5.74, 6) is -0.373. The molecule has 3 aliphatic heterocycles. The topological polar surface area (TPSA) is 83.4 Å². The lowest BCUT2D eigenvalue weighted by atomic mass is 10.1. The molecule has 0 radical (unpaired) electrons. The summed E-state index contributed by atoms with van der Waals surface area (Å²) in [5, 5.41) is 7.32. The van der Waals surface area contributed by atoms with E-state index in [1.165, 1.54) is 17.7 Å². The van der Waals surface area contributed by atoms with Gasteiger partial charge in [-0.1, -0.05) is 29.3 Å². The lowest BCUT2D eigenvalue weighted by Gasteiger charge is -2.37. The van der Waals surface area contributed by atoms with Crippen molar-refractivity contribution >= 4 is 52.2 Å². The van der Waals surface area contributed by atoms with Crippen molar-refractivity contribution in [3.63, 3.8) is 0 Å². The van der Waals surface area contributed by atoms with Gasteiger partial charge in [0.05, 0.1) is 29.2 Å². The van der Waals surface area contributed by atoms with E-state index in [1.54, 1.807) is 35.1 Å². The molecule has 2 fully saturated rings. The second-order valence-corrected chi connectivity index (χ2v) is 13.1. The molecule has 4 heterocycles. The van der Waals surface area contributed by atoms with Crippen molar-refractivity contribution in [3.8, 4) is 5.75 Å². The van der Waals surface area contributed by atoms with E-state index in [-0.39, 0.29) is 12.6 Å². The molecule has 1 N–H and O–H groups in total. The Morgan fingerprint density at radius 1 is 0.957 bits per heavy atom. The van der Waals surface area contributed by atoms with Crippen LogP contribution in [0.4, 0.5) is 17.1 Å². The van der Waals surface area contributed by atoms with Crippen molar-refractivity contribution in [2.75, 3.05) is 60.5 Å². The maximum Gasteiger partial charge on any atom is 0.217 e. The average molecular weight is 696 g/mol. The first-order chi connectivity index (χ1) is 22.9. The third-order valence-electron chi connectivity index (χ3n) is 8.48. The number of aromatic nitrogens is 3. The van der Waals surface area contributed by atoms with Crippen molar-refractivity contribution in [2.24, 2.45) is 0 Å². The lowest BCUT2D eigenvalue weighted by Crippen LogP contribution is -2.46. The summed E-state index contributed by atoms with van der Waals surface area (Å²) in [7, 11) is 0. The fourth-order valence-electron chi connectivity index (χ4n) is 6.05. The summed E-state index contributed by atoms with van der Waals surface area (Å²) in [6, 6.07) is 22.3. The average Bonchev–Trinajstić information content (AvgIpc) is 3.85. The van der Waals surface area contributed by atoms with E-state index in [1.807, 2.05) is 28.9 Å². The fourth-order valence-corrected chi connectivity index (χ4v) is 7.02. The maximum atomic E-state index is 6.58. The molecule has 0 amide bonds. The first-order valence-electron chi connectivity index (χ1n) is 15.4. The van der Waals surface area contributed by atoms with Crippen LogP contribution in [0.25, 0.3) is 0 Å². The Labute approximate surface area is 288 Å². The number of benzene rings is 3. The monoisotopic (exact) mass is 694 g/mol. The zero-order valence-electron chi connectivity index (χ0n) is 26.1. The summed E-state index contributed by atoms with van der Waals surface area (Å²) >= 11 is 14.4. The van der Waals surface area contributed by atoms with Crippen LogP contribution in [0.3, 0.4) is 0 Å². The molecular weight excluding hydrogens is 659 g/mol. The van der Waals surface area contributed by atoms with Crippen LogP contribution in [0.2, 0.25) is 10.0 Å². The van der Waals surface area contributed by atoms with Gasteiger partial charge in [0.25, 0.3) is 0 Å². The van der Waals surface area contributed by atoms with Crippen molar-refractivity contribution in [1.29, 1.82) is 0 Å². The molecular formula is C33H36Cl2N8O3S. The van der Waals surface area contributed by atoms with Gasteiger partial charge in [0.2, 0.25) is 5.79 Å². The minimum absolute atomic E-state index is 0.280. The number of allylic oxidation sites excluding steroid dienone is 1. The highest BCUT2D eigenvalue weighted by Gasteiger charge is 2.45. The zero-order chi connectivity index (χ0) is 32.4. The second-order valence-electron chi connectivity index (χ2n) is 11.5. The van der Waals surface area contributed by atoms with Gasteiger partial charge in [-0.15, -0.1) is 5.53 Å². The summed E-state index contributed by atoms with van der Waals surface area (Å²) in [5.41, 5.74) is 8.72. The number of hydrogen-bond donors (Lipinski definition) is 1. The number of halogens is 2. The highest BCUT2D eigenvalue weighted by molar-refractivity contribution is 7.96. The predicted molar refractivity (Wildman–Crippen MR) is 187 cm³/mol. The standard InChI is InChI=1S/C33H36Cl2N8O3S/c1-24-18-42(47-2)38-43(24)28-6-4-26(5-7-28)39-13-15-40(16-14-39)27-8-10-29(11-9-27)44-19-30-20-45-33(46-30,21-41-23-36-22-37-41)31-12-3-25(34)17-32(31)35/h3-12,17-18,22-23,30,38H,13-16,19-21H2,1-2H3. The number of hydrogen-bond acceptors (Lipinski definition) is 11. The molecule has 0 spiro atoms. The molecule has 11 nitrogen and oxygen atoms in total. The van der Waals surface area contributed by atoms with Crippen LogP contribution in [-0.2, 0) is 21.8 Å². The number of rotatable bonds is 10.